The molecule has 0 fully saturated rings. The fourth-order valence-corrected chi connectivity index (χ4v) is 4.00. The molecule has 0 aliphatic rings. The van der Waals surface area contributed by atoms with Gasteiger partial charge in [0.1, 0.15) is 5.01 Å². The highest BCUT2D eigenvalue weighted by atomic mass is 32.1. The number of rotatable bonds is 5. The predicted molar refractivity (Wildman–Crippen MR) is 117 cm³/mol. The average molecular weight is 404 g/mol. The summed E-state index contributed by atoms with van der Waals surface area (Å²) in [5.74, 6) is 0. The van der Waals surface area contributed by atoms with Crippen molar-refractivity contribution in [3.8, 4) is 11.3 Å². The summed E-state index contributed by atoms with van der Waals surface area (Å²) >= 11 is 1.59. The smallest absolute Gasteiger partial charge is 0.294 e. The lowest BCUT2D eigenvalue weighted by molar-refractivity contribution is 0.655. The van der Waals surface area contributed by atoms with Crippen molar-refractivity contribution in [2.24, 2.45) is 10.2 Å². The van der Waals surface area contributed by atoms with Crippen molar-refractivity contribution in [2.75, 3.05) is 0 Å². The van der Waals surface area contributed by atoms with Gasteiger partial charge in [-0.2, -0.15) is 5.11 Å². The van der Waals surface area contributed by atoms with Gasteiger partial charge in [-0.15, -0.1) is 16.5 Å². The fraction of sp³-hybridized carbons (Fsp3) is 0.182. The molecule has 0 aliphatic heterocycles. The van der Waals surface area contributed by atoms with Gasteiger partial charge in [0.05, 0.1) is 23.6 Å². The van der Waals surface area contributed by atoms with Crippen LogP contribution in [0, 0.1) is 20.8 Å². The van der Waals surface area contributed by atoms with Crippen LogP contribution >= 0.6 is 11.3 Å². The number of azo groups is 1. The Morgan fingerprint density at radius 2 is 1.72 bits per heavy atom. The van der Waals surface area contributed by atoms with Crippen molar-refractivity contribution in [1.29, 1.82) is 0 Å². The van der Waals surface area contributed by atoms with Gasteiger partial charge in [-0.3, -0.25) is 9.89 Å². The van der Waals surface area contributed by atoms with E-state index >= 15 is 0 Å². The number of nitrogens with zero attached hydrogens (tertiary/aromatic N) is 4. The van der Waals surface area contributed by atoms with Crippen molar-refractivity contribution >= 4 is 22.7 Å². The Morgan fingerprint density at radius 3 is 2.45 bits per heavy atom. The lowest BCUT2D eigenvalue weighted by Crippen LogP contribution is -2.17. The van der Waals surface area contributed by atoms with E-state index in [-0.39, 0.29) is 5.56 Å². The van der Waals surface area contributed by atoms with Gasteiger partial charge in [0.25, 0.3) is 5.56 Å². The maximum absolute atomic E-state index is 12.8. The number of aryl methyl sites for hydroxylation is 3. The lowest BCUT2D eigenvalue weighted by atomic mass is 10.1. The van der Waals surface area contributed by atoms with E-state index in [1.165, 1.54) is 4.68 Å². The Bertz CT molecular complexity index is 1220. The van der Waals surface area contributed by atoms with Gasteiger partial charge in [-0.25, -0.2) is 9.67 Å². The van der Waals surface area contributed by atoms with Gasteiger partial charge in [0.2, 0.25) is 0 Å². The third-order valence-corrected chi connectivity index (χ3v) is 5.54. The fourth-order valence-electron chi connectivity index (χ4n) is 3.06. The molecule has 7 heteroatoms. The van der Waals surface area contributed by atoms with Gasteiger partial charge < -0.3 is 0 Å². The van der Waals surface area contributed by atoms with Gasteiger partial charge in [0.15, 0.2) is 5.69 Å². The van der Waals surface area contributed by atoms with E-state index in [4.69, 9.17) is 4.98 Å². The molecule has 0 aliphatic carbocycles. The Balaban J connectivity index is 1.59. The SMILES string of the molecule is Cc1ccc(N=Nc2c(C)[nH]n(Cc3nc(-c4ccccc4)c(C)s3)c2=O)cc1. The number of hydrogen-bond donors (Lipinski definition) is 1. The summed E-state index contributed by atoms with van der Waals surface area (Å²) in [7, 11) is 0. The molecular formula is C22H21N5OS. The van der Waals surface area contributed by atoms with Gasteiger partial charge in [-0.1, -0.05) is 48.0 Å². The molecule has 2 aromatic heterocycles. The van der Waals surface area contributed by atoms with Crippen LogP contribution in [0.25, 0.3) is 11.3 Å². The minimum absolute atomic E-state index is 0.201. The quantitative estimate of drug-likeness (QED) is 0.435. The summed E-state index contributed by atoms with van der Waals surface area (Å²) in [5.41, 5.74) is 4.70. The standard InChI is InChI=1S/C22H21N5OS/c1-14-9-11-18(12-10-14)24-25-20-15(2)26-27(22(20)28)13-19-23-21(16(3)29-19)17-7-5-4-6-8-17/h4-12,26H,13H2,1-3H3. The van der Waals surface area contributed by atoms with Crippen molar-refractivity contribution in [3.05, 3.63) is 86.1 Å². The Kier molecular flexibility index (Phi) is 5.22. The Labute approximate surface area is 172 Å². The molecule has 4 aromatic rings. The number of aromatic amines is 1. The molecule has 0 saturated heterocycles. The third kappa shape index (κ3) is 4.09. The first kappa shape index (κ1) is 19.0. The molecule has 0 spiro atoms. The molecule has 0 unspecified atom stereocenters. The molecule has 29 heavy (non-hydrogen) atoms. The van der Waals surface area contributed by atoms with Gasteiger partial charge >= 0.3 is 0 Å². The summed E-state index contributed by atoms with van der Waals surface area (Å²) in [6, 6.07) is 17.7. The second kappa shape index (κ2) is 7.97. The number of hydrogen-bond acceptors (Lipinski definition) is 5. The number of nitrogens with one attached hydrogen (secondary N) is 1. The Hall–Kier alpha value is -3.32. The van der Waals surface area contributed by atoms with E-state index in [1.807, 2.05) is 75.4 Å². The van der Waals surface area contributed by atoms with Crippen LogP contribution in [0.1, 0.15) is 21.1 Å². The maximum atomic E-state index is 12.8. The second-order valence-corrected chi connectivity index (χ2v) is 8.18. The second-order valence-electron chi connectivity index (χ2n) is 6.89. The molecule has 2 aromatic carbocycles. The maximum Gasteiger partial charge on any atom is 0.294 e. The van der Waals surface area contributed by atoms with E-state index in [2.05, 4.69) is 15.3 Å². The minimum atomic E-state index is -0.201. The summed E-state index contributed by atoms with van der Waals surface area (Å²) in [4.78, 5) is 18.7. The molecule has 2 heterocycles. The highest BCUT2D eigenvalue weighted by Crippen LogP contribution is 2.28. The zero-order valence-electron chi connectivity index (χ0n) is 16.5. The third-order valence-electron chi connectivity index (χ3n) is 4.59. The highest BCUT2D eigenvalue weighted by Gasteiger charge is 2.14. The first-order chi connectivity index (χ1) is 14.0. The van der Waals surface area contributed by atoms with Crippen LogP contribution in [0.5, 0.6) is 0 Å². The van der Waals surface area contributed by atoms with Crippen LogP contribution in [0.15, 0.2) is 69.6 Å². The molecule has 1 N–H and O–H groups in total. The Morgan fingerprint density at radius 1 is 1.00 bits per heavy atom. The first-order valence-electron chi connectivity index (χ1n) is 9.31. The van der Waals surface area contributed by atoms with Crippen LogP contribution in [-0.2, 0) is 6.54 Å². The molecule has 0 saturated carbocycles. The van der Waals surface area contributed by atoms with Gasteiger partial charge in [-0.05, 0) is 32.9 Å². The molecule has 6 nitrogen and oxygen atoms in total. The topological polar surface area (TPSA) is 75.4 Å². The number of thiazole rings is 1. The van der Waals surface area contributed by atoms with E-state index in [0.29, 0.717) is 23.6 Å². The zero-order chi connectivity index (χ0) is 20.4. The highest BCUT2D eigenvalue weighted by molar-refractivity contribution is 7.12. The largest absolute Gasteiger partial charge is 0.297 e. The molecule has 0 radical (unpaired) electrons. The molecule has 0 atom stereocenters. The van der Waals surface area contributed by atoms with E-state index < -0.39 is 0 Å². The lowest BCUT2D eigenvalue weighted by Gasteiger charge is -1.98. The van der Waals surface area contributed by atoms with Crippen molar-refractivity contribution in [1.82, 2.24) is 14.8 Å². The van der Waals surface area contributed by atoms with E-state index in [9.17, 15) is 4.79 Å². The predicted octanol–water partition coefficient (Wildman–Crippen LogP) is 5.69. The minimum Gasteiger partial charge on any atom is -0.297 e. The van der Waals surface area contributed by atoms with Gasteiger partial charge in [0, 0.05) is 10.4 Å². The van der Waals surface area contributed by atoms with Crippen molar-refractivity contribution < 1.29 is 0 Å². The van der Waals surface area contributed by atoms with E-state index in [0.717, 1.165) is 26.7 Å². The van der Waals surface area contributed by atoms with Crippen molar-refractivity contribution in [2.45, 2.75) is 27.3 Å². The van der Waals surface area contributed by atoms with Crippen molar-refractivity contribution in [3.63, 3.8) is 0 Å². The molecule has 0 amide bonds. The van der Waals surface area contributed by atoms with E-state index in [1.54, 1.807) is 11.3 Å². The summed E-state index contributed by atoms with van der Waals surface area (Å²) in [6.45, 7) is 6.26. The average Bonchev–Trinajstić information content (AvgIpc) is 3.21. The molecule has 146 valence electrons. The monoisotopic (exact) mass is 403 g/mol. The summed E-state index contributed by atoms with van der Waals surface area (Å²) in [5, 5.41) is 12.3. The van der Waals surface area contributed by atoms with Crippen LogP contribution in [0.3, 0.4) is 0 Å². The number of H-pyrrole nitrogens is 1. The van der Waals surface area contributed by atoms with Crippen LogP contribution in [-0.4, -0.2) is 14.8 Å². The summed E-state index contributed by atoms with van der Waals surface area (Å²) < 4.78 is 1.53. The van der Waals surface area contributed by atoms with Crippen LogP contribution in [0.4, 0.5) is 11.4 Å². The summed E-state index contributed by atoms with van der Waals surface area (Å²) in [6.07, 6.45) is 0. The van der Waals surface area contributed by atoms with Crippen LogP contribution in [0.2, 0.25) is 0 Å². The molecular weight excluding hydrogens is 382 g/mol. The zero-order valence-corrected chi connectivity index (χ0v) is 17.3. The normalized spacial score (nSPS) is 11.4. The number of aromatic nitrogens is 3. The number of benzene rings is 2. The molecule has 0 bridgehead atoms. The molecule has 4 rings (SSSR count). The van der Waals surface area contributed by atoms with Crippen LogP contribution < -0.4 is 5.56 Å². The first-order valence-corrected chi connectivity index (χ1v) is 10.1.